The van der Waals surface area contributed by atoms with E-state index < -0.39 is 0 Å². The molecule has 5 aromatic rings. The Morgan fingerprint density at radius 3 is 2.09 bits per heavy atom. The van der Waals surface area contributed by atoms with Gasteiger partial charge in [-0.05, 0) is 34.4 Å². The summed E-state index contributed by atoms with van der Waals surface area (Å²) < 4.78 is 7.37. The van der Waals surface area contributed by atoms with Crippen molar-refractivity contribution in [1.29, 1.82) is 0 Å². The van der Waals surface area contributed by atoms with Crippen LogP contribution in [0.25, 0.3) is 43.5 Å². The molecule has 0 aliphatic heterocycles. The summed E-state index contributed by atoms with van der Waals surface area (Å²) >= 11 is 3.66. The Morgan fingerprint density at radius 2 is 1.23 bits per heavy atom. The average molecular weight is 347 g/mol. The van der Waals surface area contributed by atoms with Crippen LogP contribution in [0.3, 0.4) is 0 Å². The highest BCUT2D eigenvalue weighted by Gasteiger charge is 2.11. The number of rotatable bonds is 0. The van der Waals surface area contributed by atoms with Gasteiger partial charge in [-0.15, -0.1) is 0 Å². The summed E-state index contributed by atoms with van der Waals surface area (Å²) in [6.45, 7) is 0. The largest absolute Gasteiger partial charge is 0.456 e. The maximum atomic E-state index is 6.28. The number of halogens is 1. The molecular formula is C20H11BrO. The monoisotopic (exact) mass is 346 g/mol. The second kappa shape index (κ2) is 4.34. The first-order valence-corrected chi connectivity index (χ1v) is 8.03. The fraction of sp³-hybridized carbons (Fsp3) is 0. The highest BCUT2D eigenvalue weighted by atomic mass is 79.9. The molecule has 0 spiro atoms. The Hall–Kier alpha value is -2.32. The third kappa shape index (κ3) is 1.53. The zero-order valence-electron chi connectivity index (χ0n) is 11.6. The minimum absolute atomic E-state index is 0.914. The predicted molar refractivity (Wildman–Crippen MR) is 96.4 cm³/mol. The molecular weight excluding hydrogens is 336 g/mol. The van der Waals surface area contributed by atoms with E-state index in [4.69, 9.17) is 4.42 Å². The van der Waals surface area contributed by atoms with Gasteiger partial charge < -0.3 is 4.42 Å². The molecule has 5 rings (SSSR count). The van der Waals surface area contributed by atoms with Crippen LogP contribution in [0.15, 0.2) is 75.6 Å². The first-order valence-electron chi connectivity index (χ1n) is 7.24. The Bertz CT molecular complexity index is 1180. The lowest BCUT2D eigenvalue weighted by Crippen LogP contribution is -1.78. The molecule has 0 fully saturated rings. The van der Waals surface area contributed by atoms with Crippen LogP contribution in [0.1, 0.15) is 0 Å². The number of hydrogen-bond donors (Lipinski definition) is 0. The molecule has 1 nitrogen and oxygen atoms in total. The number of hydrogen-bond acceptors (Lipinski definition) is 1. The quantitative estimate of drug-likeness (QED) is 0.305. The molecule has 1 aromatic heterocycles. The van der Waals surface area contributed by atoms with Gasteiger partial charge in [-0.2, -0.15) is 0 Å². The summed E-state index contributed by atoms with van der Waals surface area (Å²) in [7, 11) is 0. The van der Waals surface area contributed by atoms with Crippen molar-refractivity contribution in [3.63, 3.8) is 0 Å². The molecule has 2 heteroatoms. The van der Waals surface area contributed by atoms with E-state index in [1.54, 1.807) is 0 Å². The first-order chi connectivity index (χ1) is 10.8. The standard InChI is InChI=1S/C20H11BrO/c21-16-10-11-18-20-14(7-3-8-15(16)20)13-6-1-4-12-5-2-9-17(22-18)19(12)13/h1-11H. The molecule has 0 saturated carbocycles. The van der Waals surface area contributed by atoms with Crippen LogP contribution in [-0.2, 0) is 0 Å². The van der Waals surface area contributed by atoms with E-state index in [-0.39, 0.29) is 0 Å². The molecule has 0 bridgehead atoms. The third-order valence-corrected chi connectivity index (χ3v) is 5.02. The van der Waals surface area contributed by atoms with Crippen molar-refractivity contribution in [2.45, 2.75) is 0 Å². The van der Waals surface area contributed by atoms with Gasteiger partial charge in [0, 0.05) is 20.6 Å². The SMILES string of the molecule is Brc1ccc2oc3cccc4cccc(c5cccc1c25)c43. The zero-order valence-corrected chi connectivity index (χ0v) is 13.2. The van der Waals surface area contributed by atoms with Crippen molar-refractivity contribution in [2.24, 2.45) is 0 Å². The van der Waals surface area contributed by atoms with Gasteiger partial charge in [-0.3, -0.25) is 0 Å². The minimum atomic E-state index is 0.914. The van der Waals surface area contributed by atoms with Gasteiger partial charge in [-0.25, -0.2) is 0 Å². The highest BCUT2D eigenvalue weighted by molar-refractivity contribution is 9.10. The molecule has 0 saturated heterocycles. The van der Waals surface area contributed by atoms with Gasteiger partial charge in [0.25, 0.3) is 0 Å². The minimum Gasteiger partial charge on any atom is -0.456 e. The van der Waals surface area contributed by atoms with Gasteiger partial charge in [0.15, 0.2) is 0 Å². The fourth-order valence-corrected chi connectivity index (χ4v) is 3.85. The molecule has 0 aliphatic rings. The molecule has 4 aromatic carbocycles. The van der Waals surface area contributed by atoms with Crippen molar-refractivity contribution >= 4 is 59.4 Å². The van der Waals surface area contributed by atoms with Gasteiger partial charge >= 0.3 is 0 Å². The van der Waals surface area contributed by atoms with E-state index >= 15 is 0 Å². The van der Waals surface area contributed by atoms with E-state index in [0.717, 1.165) is 15.6 Å². The van der Waals surface area contributed by atoms with Gasteiger partial charge in [0.2, 0.25) is 0 Å². The topological polar surface area (TPSA) is 13.1 Å². The van der Waals surface area contributed by atoms with Crippen LogP contribution in [0, 0.1) is 0 Å². The van der Waals surface area contributed by atoms with Crippen LogP contribution >= 0.6 is 15.9 Å². The molecule has 0 unspecified atom stereocenters. The normalized spacial score (nSPS) is 11.9. The lowest BCUT2D eigenvalue weighted by molar-refractivity contribution is 0.664. The Kier molecular flexibility index (Phi) is 2.42. The number of fused-ring (bicyclic) bond motifs is 1. The van der Waals surface area contributed by atoms with E-state index in [0.29, 0.717) is 0 Å². The summed E-state index contributed by atoms with van der Waals surface area (Å²) in [6.07, 6.45) is 0. The Morgan fingerprint density at radius 1 is 0.591 bits per heavy atom. The van der Waals surface area contributed by atoms with Gasteiger partial charge in [-0.1, -0.05) is 64.5 Å². The van der Waals surface area contributed by atoms with Crippen molar-refractivity contribution in [2.75, 3.05) is 0 Å². The molecule has 22 heavy (non-hydrogen) atoms. The van der Waals surface area contributed by atoms with Crippen molar-refractivity contribution in [1.82, 2.24) is 0 Å². The van der Waals surface area contributed by atoms with Crippen molar-refractivity contribution < 1.29 is 4.42 Å². The summed E-state index contributed by atoms with van der Waals surface area (Å²) in [5.41, 5.74) is 1.84. The lowest BCUT2D eigenvalue weighted by Gasteiger charge is -2.04. The van der Waals surface area contributed by atoms with Crippen molar-refractivity contribution in [3.05, 3.63) is 71.2 Å². The zero-order chi connectivity index (χ0) is 14.7. The Labute approximate surface area is 135 Å². The highest BCUT2D eigenvalue weighted by Crippen LogP contribution is 2.38. The molecule has 0 N–H and O–H groups in total. The van der Waals surface area contributed by atoms with Crippen molar-refractivity contribution in [3.8, 4) is 0 Å². The molecule has 0 atom stereocenters. The third-order valence-electron chi connectivity index (χ3n) is 4.33. The van der Waals surface area contributed by atoms with Crippen LogP contribution in [-0.4, -0.2) is 0 Å². The van der Waals surface area contributed by atoms with Crippen LogP contribution in [0.2, 0.25) is 0 Å². The van der Waals surface area contributed by atoms with E-state index in [1.165, 1.54) is 32.3 Å². The summed E-state index contributed by atoms with van der Waals surface area (Å²) in [5.74, 6) is 0. The van der Waals surface area contributed by atoms with E-state index in [9.17, 15) is 0 Å². The molecule has 0 radical (unpaired) electrons. The summed E-state index contributed by atoms with van der Waals surface area (Å²) in [4.78, 5) is 0. The molecule has 0 aliphatic carbocycles. The van der Waals surface area contributed by atoms with Gasteiger partial charge in [0.05, 0.1) is 0 Å². The number of benzene rings is 4. The Balaban J connectivity index is 2.28. The van der Waals surface area contributed by atoms with E-state index in [2.05, 4.69) is 64.5 Å². The maximum Gasteiger partial charge on any atom is 0.135 e. The molecule has 1 heterocycles. The first kappa shape index (κ1) is 12.2. The summed E-state index contributed by atoms with van der Waals surface area (Å²) in [6, 6.07) is 23.2. The van der Waals surface area contributed by atoms with E-state index in [1.807, 2.05) is 18.2 Å². The van der Waals surface area contributed by atoms with Crippen LogP contribution in [0.4, 0.5) is 0 Å². The second-order valence-electron chi connectivity index (χ2n) is 5.54. The average Bonchev–Trinajstić information content (AvgIpc) is 2.70. The van der Waals surface area contributed by atoms with Crippen LogP contribution in [0.5, 0.6) is 0 Å². The molecule has 0 amide bonds. The lowest BCUT2D eigenvalue weighted by atomic mass is 10.00. The maximum absolute atomic E-state index is 6.28. The summed E-state index contributed by atoms with van der Waals surface area (Å²) in [5, 5.41) is 7.20. The van der Waals surface area contributed by atoms with Gasteiger partial charge in [0.1, 0.15) is 11.2 Å². The predicted octanol–water partition coefficient (Wildman–Crippen LogP) is 6.65. The molecule has 104 valence electrons. The second-order valence-corrected chi connectivity index (χ2v) is 6.39. The van der Waals surface area contributed by atoms with Crippen LogP contribution < -0.4 is 0 Å². The fourth-order valence-electron chi connectivity index (χ4n) is 3.38. The smallest absolute Gasteiger partial charge is 0.135 e.